The molecule has 0 saturated heterocycles. The molecule has 29 heavy (non-hydrogen) atoms. The topological polar surface area (TPSA) is 58.2 Å². The number of hydrogen-bond acceptors (Lipinski definition) is 4. The highest BCUT2D eigenvalue weighted by molar-refractivity contribution is 6.32. The Balaban J connectivity index is 2.28. The van der Waals surface area contributed by atoms with Gasteiger partial charge in [0.1, 0.15) is 0 Å². The van der Waals surface area contributed by atoms with E-state index < -0.39 is 47.4 Å². The second-order valence-electron chi connectivity index (χ2n) is 6.44. The number of rotatable bonds is 6. The zero-order valence-corrected chi connectivity index (χ0v) is 15.3. The van der Waals surface area contributed by atoms with E-state index in [9.17, 15) is 31.5 Å². The standard InChI is InChI=1S/C20H17F5N2O2/c1-2-26-17-12(20(23,24)25)9-13(27-8-7-14(21)22)15-16(17)19(29)11-6-4-3-5-10(11)18(15)28/h3-6,9,14,26-27H,2,7-8H2,1H3. The van der Waals surface area contributed by atoms with Crippen LogP contribution in [0.1, 0.15) is 50.8 Å². The van der Waals surface area contributed by atoms with E-state index in [0.29, 0.717) is 6.07 Å². The van der Waals surface area contributed by atoms with E-state index in [1.54, 1.807) is 6.92 Å². The summed E-state index contributed by atoms with van der Waals surface area (Å²) in [6.45, 7) is 1.28. The molecule has 2 aromatic carbocycles. The smallest absolute Gasteiger partial charge is 0.384 e. The molecule has 0 atom stereocenters. The number of alkyl halides is 5. The van der Waals surface area contributed by atoms with Crippen LogP contribution in [0, 0.1) is 0 Å². The van der Waals surface area contributed by atoms with Gasteiger partial charge < -0.3 is 10.6 Å². The quantitative estimate of drug-likeness (QED) is 0.561. The SMILES string of the molecule is CCNc1c(C(F)(F)F)cc(NCCC(F)F)c2c1C(=O)c1ccccc1C2=O. The summed E-state index contributed by atoms with van der Waals surface area (Å²) in [6, 6.07) is 6.53. The second kappa shape index (κ2) is 7.81. The molecule has 2 N–H and O–H groups in total. The maximum atomic E-state index is 13.7. The van der Waals surface area contributed by atoms with Crippen LogP contribution in [-0.4, -0.2) is 31.1 Å². The Morgan fingerprint density at radius 3 is 2.07 bits per heavy atom. The van der Waals surface area contributed by atoms with Crippen LogP contribution in [0.15, 0.2) is 30.3 Å². The highest BCUT2D eigenvalue weighted by atomic mass is 19.4. The lowest BCUT2D eigenvalue weighted by molar-refractivity contribution is -0.136. The zero-order valence-electron chi connectivity index (χ0n) is 15.3. The fourth-order valence-corrected chi connectivity index (χ4v) is 3.33. The molecule has 9 heteroatoms. The van der Waals surface area contributed by atoms with Crippen LogP contribution in [0.25, 0.3) is 0 Å². The van der Waals surface area contributed by atoms with Crippen molar-refractivity contribution in [3.63, 3.8) is 0 Å². The molecule has 0 bridgehead atoms. The third kappa shape index (κ3) is 3.81. The van der Waals surface area contributed by atoms with Gasteiger partial charge in [0.05, 0.1) is 22.4 Å². The average molecular weight is 412 g/mol. The summed E-state index contributed by atoms with van der Waals surface area (Å²) in [7, 11) is 0. The molecule has 154 valence electrons. The van der Waals surface area contributed by atoms with Crippen molar-refractivity contribution in [2.45, 2.75) is 25.9 Å². The third-order valence-electron chi connectivity index (χ3n) is 4.53. The van der Waals surface area contributed by atoms with E-state index in [1.807, 2.05) is 0 Å². The Hall–Kier alpha value is -2.97. The molecule has 0 radical (unpaired) electrons. The lowest BCUT2D eigenvalue weighted by Gasteiger charge is -2.26. The summed E-state index contributed by atoms with van der Waals surface area (Å²) < 4.78 is 66.1. The highest BCUT2D eigenvalue weighted by Gasteiger charge is 2.41. The van der Waals surface area contributed by atoms with Crippen molar-refractivity contribution in [2.75, 3.05) is 23.7 Å². The maximum Gasteiger partial charge on any atom is 0.418 e. The van der Waals surface area contributed by atoms with Gasteiger partial charge in [0.25, 0.3) is 0 Å². The Morgan fingerprint density at radius 1 is 0.966 bits per heavy atom. The molecule has 0 unspecified atom stereocenters. The van der Waals surface area contributed by atoms with Gasteiger partial charge in [-0.05, 0) is 13.0 Å². The van der Waals surface area contributed by atoms with Crippen LogP contribution in [0.4, 0.5) is 33.3 Å². The molecule has 1 aliphatic rings. The lowest BCUT2D eigenvalue weighted by Crippen LogP contribution is -2.27. The molecule has 0 spiro atoms. The van der Waals surface area contributed by atoms with Crippen molar-refractivity contribution in [3.05, 3.63) is 58.1 Å². The van der Waals surface area contributed by atoms with Crippen LogP contribution in [0.3, 0.4) is 0 Å². The highest BCUT2D eigenvalue weighted by Crippen LogP contribution is 2.44. The van der Waals surface area contributed by atoms with Crippen molar-refractivity contribution in [2.24, 2.45) is 0 Å². The molecule has 0 heterocycles. The van der Waals surface area contributed by atoms with Crippen LogP contribution >= 0.6 is 0 Å². The number of ketones is 2. The minimum atomic E-state index is -4.83. The Kier molecular flexibility index (Phi) is 5.59. The third-order valence-corrected chi connectivity index (χ3v) is 4.53. The van der Waals surface area contributed by atoms with Crippen molar-refractivity contribution in [1.82, 2.24) is 0 Å². The lowest BCUT2D eigenvalue weighted by atomic mass is 9.81. The minimum Gasteiger partial charge on any atom is -0.384 e. The number of carbonyl (C=O) groups is 2. The van der Waals surface area contributed by atoms with Crippen molar-refractivity contribution >= 4 is 22.9 Å². The first kappa shape index (κ1) is 20.8. The molecular formula is C20H17F5N2O2. The average Bonchev–Trinajstić information content (AvgIpc) is 2.65. The van der Waals surface area contributed by atoms with Gasteiger partial charge in [-0.25, -0.2) is 8.78 Å². The van der Waals surface area contributed by atoms with Crippen molar-refractivity contribution < 1.29 is 31.5 Å². The fourth-order valence-electron chi connectivity index (χ4n) is 3.33. The summed E-state index contributed by atoms with van der Waals surface area (Å²) in [5.41, 5.74) is -2.49. The number of fused-ring (bicyclic) bond motifs is 2. The number of halogens is 5. The van der Waals surface area contributed by atoms with Gasteiger partial charge in [0, 0.05) is 36.3 Å². The molecular weight excluding hydrogens is 395 g/mol. The summed E-state index contributed by atoms with van der Waals surface area (Å²) >= 11 is 0. The number of anilines is 2. The molecule has 3 rings (SSSR count). The Labute approximate surface area is 163 Å². The van der Waals surface area contributed by atoms with Gasteiger partial charge in [-0.15, -0.1) is 0 Å². The van der Waals surface area contributed by atoms with E-state index >= 15 is 0 Å². The zero-order chi connectivity index (χ0) is 21.3. The normalized spacial score (nSPS) is 13.3. The van der Waals surface area contributed by atoms with Gasteiger partial charge >= 0.3 is 6.18 Å². The molecule has 0 amide bonds. The Bertz CT molecular complexity index is 970. The number of nitrogens with one attached hydrogen (secondary N) is 2. The van der Waals surface area contributed by atoms with E-state index in [0.717, 1.165) is 0 Å². The molecule has 0 saturated carbocycles. The van der Waals surface area contributed by atoms with E-state index in [4.69, 9.17) is 0 Å². The van der Waals surface area contributed by atoms with Gasteiger partial charge in [0.15, 0.2) is 11.6 Å². The van der Waals surface area contributed by atoms with Crippen LogP contribution in [0.2, 0.25) is 0 Å². The second-order valence-corrected chi connectivity index (χ2v) is 6.44. The van der Waals surface area contributed by atoms with Crippen LogP contribution < -0.4 is 10.6 Å². The van der Waals surface area contributed by atoms with Crippen molar-refractivity contribution in [1.29, 1.82) is 0 Å². The minimum absolute atomic E-state index is 0.00186. The monoisotopic (exact) mass is 412 g/mol. The fraction of sp³-hybridized carbons (Fsp3) is 0.300. The van der Waals surface area contributed by atoms with Crippen LogP contribution in [0.5, 0.6) is 0 Å². The van der Waals surface area contributed by atoms with Gasteiger partial charge in [-0.1, -0.05) is 24.3 Å². The maximum absolute atomic E-state index is 13.7. The summed E-state index contributed by atoms with van der Waals surface area (Å²) in [5.74, 6) is -1.36. The molecule has 1 aliphatic carbocycles. The van der Waals surface area contributed by atoms with E-state index in [2.05, 4.69) is 10.6 Å². The molecule has 0 fully saturated rings. The van der Waals surface area contributed by atoms with Gasteiger partial charge in [0.2, 0.25) is 6.43 Å². The summed E-state index contributed by atoms with van der Waals surface area (Å²) in [6.07, 6.45) is -8.12. The number of benzene rings is 2. The van der Waals surface area contributed by atoms with Gasteiger partial charge in [-0.3, -0.25) is 9.59 Å². The summed E-state index contributed by atoms with van der Waals surface area (Å²) in [5, 5.41) is 5.04. The predicted molar refractivity (Wildman–Crippen MR) is 98.0 cm³/mol. The number of carbonyl (C=O) groups excluding carboxylic acids is 2. The van der Waals surface area contributed by atoms with E-state index in [1.165, 1.54) is 24.3 Å². The molecule has 4 nitrogen and oxygen atoms in total. The Morgan fingerprint density at radius 2 is 1.55 bits per heavy atom. The predicted octanol–water partition coefficient (Wildman–Crippen LogP) is 4.98. The largest absolute Gasteiger partial charge is 0.418 e. The first-order valence-electron chi connectivity index (χ1n) is 8.89. The van der Waals surface area contributed by atoms with E-state index in [-0.39, 0.29) is 35.5 Å². The molecule has 0 aromatic heterocycles. The molecule has 2 aromatic rings. The molecule has 0 aliphatic heterocycles. The van der Waals surface area contributed by atoms with Gasteiger partial charge in [-0.2, -0.15) is 13.2 Å². The first-order valence-corrected chi connectivity index (χ1v) is 8.89. The first-order chi connectivity index (χ1) is 13.7. The summed E-state index contributed by atoms with van der Waals surface area (Å²) in [4.78, 5) is 26.1. The van der Waals surface area contributed by atoms with Crippen molar-refractivity contribution in [3.8, 4) is 0 Å². The number of hydrogen-bond donors (Lipinski definition) is 2. The van der Waals surface area contributed by atoms with Crippen LogP contribution in [-0.2, 0) is 6.18 Å².